The van der Waals surface area contributed by atoms with Crippen LogP contribution in [0.2, 0.25) is 0 Å². The molecule has 0 bridgehead atoms. The normalized spacial score (nSPS) is 11.5. The van der Waals surface area contributed by atoms with Gasteiger partial charge in [-0.1, -0.05) is 30.3 Å². The van der Waals surface area contributed by atoms with Crippen LogP contribution in [0.1, 0.15) is 25.3 Å². The van der Waals surface area contributed by atoms with Crippen molar-refractivity contribution in [2.45, 2.75) is 32.4 Å². The molecule has 0 aliphatic rings. The van der Waals surface area contributed by atoms with Crippen molar-refractivity contribution >= 4 is 17.7 Å². The lowest BCUT2D eigenvalue weighted by atomic mass is 10.1. The summed E-state index contributed by atoms with van der Waals surface area (Å²) in [5.41, 5.74) is 0.955. The summed E-state index contributed by atoms with van der Waals surface area (Å²) in [5.74, 6) is -1.05. The smallest absolute Gasteiger partial charge is 0.328 e. The van der Waals surface area contributed by atoms with Gasteiger partial charge in [-0.2, -0.15) is 0 Å². The number of carbonyl (C=O) groups is 3. The molecule has 22 heavy (non-hydrogen) atoms. The third-order valence-electron chi connectivity index (χ3n) is 2.95. The molecule has 0 fully saturated rings. The number of carbonyl (C=O) groups excluding carboxylic acids is 3. The Balaban J connectivity index is 2.38. The zero-order valence-electron chi connectivity index (χ0n) is 12.8. The van der Waals surface area contributed by atoms with E-state index in [4.69, 9.17) is 4.74 Å². The second-order valence-electron chi connectivity index (χ2n) is 4.86. The summed E-state index contributed by atoms with van der Waals surface area (Å²) in [6.45, 7) is 1.58. The van der Waals surface area contributed by atoms with Gasteiger partial charge in [-0.05, 0) is 18.9 Å². The van der Waals surface area contributed by atoms with Gasteiger partial charge in [0.1, 0.15) is 18.4 Å². The molecule has 1 atom stereocenters. The minimum Gasteiger partial charge on any atom is -0.467 e. The van der Waals surface area contributed by atoms with Crippen molar-refractivity contribution in [2.24, 2.45) is 0 Å². The van der Waals surface area contributed by atoms with Gasteiger partial charge in [-0.15, -0.1) is 0 Å². The van der Waals surface area contributed by atoms with Crippen LogP contribution in [0.4, 0.5) is 0 Å². The van der Waals surface area contributed by atoms with E-state index in [-0.39, 0.29) is 25.2 Å². The first-order valence-corrected chi connectivity index (χ1v) is 7.01. The van der Waals surface area contributed by atoms with Gasteiger partial charge in [0.15, 0.2) is 0 Å². The molecule has 1 aromatic rings. The second-order valence-corrected chi connectivity index (χ2v) is 4.86. The van der Waals surface area contributed by atoms with Gasteiger partial charge in [0.25, 0.3) is 0 Å². The third kappa shape index (κ3) is 6.99. The maximum atomic E-state index is 11.8. The summed E-state index contributed by atoms with van der Waals surface area (Å²) in [6, 6.07) is 8.61. The first-order chi connectivity index (χ1) is 10.5. The number of ketones is 1. The highest BCUT2D eigenvalue weighted by Gasteiger charge is 2.21. The quantitative estimate of drug-likeness (QED) is 0.694. The average molecular weight is 307 g/mol. The summed E-state index contributed by atoms with van der Waals surface area (Å²) in [4.78, 5) is 34.3. The zero-order chi connectivity index (χ0) is 16.4. The van der Waals surface area contributed by atoms with Crippen LogP contribution in [-0.4, -0.2) is 37.4 Å². The molecular weight excluding hydrogens is 286 g/mol. The molecule has 0 unspecified atom stereocenters. The van der Waals surface area contributed by atoms with E-state index in [9.17, 15) is 14.4 Å². The van der Waals surface area contributed by atoms with Crippen LogP contribution in [0, 0.1) is 0 Å². The number of benzene rings is 1. The molecule has 0 heterocycles. The third-order valence-corrected chi connectivity index (χ3v) is 2.95. The van der Waals surface area contributed by atoms with Crippen LogP contribution >= 0.6 is 0 Å². The highest BCUT2D eigenvalue weighted by atomic mass is 16.5. The maximum Gasteiger partial charge on any atom is 0.328 e. The molecule has 120 valence electrons. The lowest BCUT2D eigenvalue weighted by Gasteiger charge is -2.15. The van der Waals surface area contributed by atoms with E-state index in [1.807, 2.05) is 30.3 Å². The highest BCUT2D eigenvalue weighted by molar-refractivity contribution is 5.85. The van der Waals surface area contributed by atoms with E-state index in [0.29, 0.717) is 6.61 Å². The molecule has 1 amide bonds. The Labute approximate surface area is 129 Å². The summed E-state index contributed by atoms with van der Waals surface area (Å²) in [5, 5.41) is 2.52. The maximum absolute atomic E-state index is 11.8. The van der Waals surface area contributed by atoms with Gasteiger partial charge < -0.3 is 19.6 Å². The summed E-state index contributed by atoms with van der Waals surface area (Å²) >= 11 is 0. The summed E-state index contributed by atoms with van der Waals surface area (Å²) in [6.07, 6.45) is 0.414. The number of methoxy groups -OCH3 is 1. The molecule has 0 spiro atoms. The predicted molar refractivity (Wildman–Crippen MR) is 80.0 cm³/mol. The van der Waals surface area contributed by atoms with E-state index in [1.54, 1.807) is 0 Å². The Bertz CT molecular complexity index is 501. The SMILES string of the molecule is COC(=O)[C@H](CCC(C)=O)NC(=O)COCc1ccccc1. The highest BCUT2D eigenvalue weighted by Crippen LogP contribution is 2.02. The van der Waals surface area contributed by atoms with Crippen LogP contribution < -0.4 is 5.32 Å². The number of hydrogen-bond donors (Lipinski definition) is 1. The summed E-state index contributed by atoms with van der Waals surface area (Å²) < 4.78 is 9.90. The molecule has 1 N–H and O–H groups in total. The van der Waals surface area contributed by atoms with Crippen LogP contribution in [-0.2, 0) is 30.5 Å². The lowest BCUT2D eigenvalue weighted by molar-refractivity contribution is -0.146. The predicted octanol–water partition coefficient (Wildman–Crippen LogP) is 1.23. The number of amides is 1. The van der Waals surface area contributed by atoms with Gasteiger partial charge in [-0.3, -0.25) is 4.79 Å². The number of esters is 1. The van der Waals surface area contributed by atoms with Crippen LogP contribution in [0.5, 0.6) is 0 Å². The first-order valence-electron chi connectivity index (χ1n) is 7.01. The molecule has 0 saturated heterocycles. The fraction of sp³-hybridized carbons (Fsp3) is 0.438. The molecule has 6 heteroatoms. The van der Waals surface area contributed by atoms with Gasteiger partial charge in [0, 0.05) is 6.42 Å². The Kier molecular flexibility index (Phi) is 7.85. The van der Waals surface area contributed by atoms with E-state index in [1.165, 1.54) is 14.0 Å². The zero-order valence-corrected chi connectivity index (χ0v) is 12.8. The molecular formula is C16H21NO5. The topological polar surface area (TPSA) is 81.7 Å². The molecule has 1 aromatic carbocycles. The molecule has 0 radical (unpaired) electrons. The molecule has 0 aliphatic carbocycles. The Morgan fingerprint density at radius 1 is 1.18 bits per heavy atom. The second kappa shape index (κ2) is 9.68. The fourth-order valence-corrected chi connectivity index (χ4v) is 1.81. The molecule has 6 nitrogen and oxygen atoms in total. The summed E-state index contributed by atoms with van der Waals surface area (Å²) in [7, 11) is 1.24. The fourth-order valence-electron chi connectivity index (χ4n) is 1.81. The molecule has 0 aromatic heterocycles. The Morgan fingerprint density at radius 3 is 2.45 bits per heavy atom. The van der Waals surface area contributed by atoms with Crippen molar-refractivity contribution in [1.82, 2.24) is 5.32 Å². The van der Waals surface area contributed by atoms with Crippen molar-refractivity contribution in [3.8, 4) is 0 Å². The van der Waals surface area contributed by atoms with Crippen molar-refractivity contribution < 1.29 is 23.9 Å². The standard InChI is InChI=1S/C16H21NO5/c1-12(18)8-9-14(16(20)21-2)17-15(19)11-22-10-13-6-4-3-5-7-13/h3-7,14H,8-11H2,1-2H3,(H,17,19)/t14-/m0/s1. The first kappa shape index (κ1) is 17.8. The van der Waals surface area contributed by atoms with Gasteiger partial charge in [0.05, 0.1) is 13.7 Å². The van der Waals surface area contributed by atoms with E-state index >= 15 is 0 Å². The van der Waals surface area contributed by atoms with Gasteiger partial charge in [0.2, 0.25) is 5.91 Å². The minimum atomic E-state index is -0.832. The van der Waals surface area contributed by atoms with E-state index in [0.717, 1.165) is 5.56 Å². The number of hydrogen-bond acceptors (Lipinski definition) is 5. The largest absolute Gasteiger partial charge is 0.467 e. The number of ether oxygens (including phenoxy) is 2. The monoisotopic (exact) mass is 307 g/mol. The van der Waals surface area contributed by atoms with Gasteiger partial charge in [-0.25, -0.2) is 4.79 Å². The minimum absolute atomic E-state index is 0.0523. The molecule has 1 rings (SSSR count). The number of nitrogens with one attached hydrogen (secondary N) is 1. The number of rotatable bonds is 9. The van der Waals surface area contributed by atoms with E-state index < -0.39 is 17.9 Å². The van der Waals surface area contributed by atoms with Crippen LogP contribution in [0.3, 0.4) is 0 Å². The molecule has 0 aliphatic heterocycles. The van der Waals surface area contributed by atoms with Crippen molar-refractivity contribution in [1.29, 1.82) is 0 Å². The van der Waals surface area contributed by atoms with Crippen LogP contribution in [0.25, 0.3) is 0 Å². The Hall–Kier alpha value is -2.21. The lowest BCUT2D eigenvalue weighted by Crippen LogP contribution is -2.43. The van der Waals surface area contributed by atoms with Crippen LogP contribution in [0.15, 0.2) is 30.3 Å². The average Bonchev–Trinajstić information content (AvgIpc) is 2.51. The Morgan fingerprint density at radius 2 is 1.86 bits per heavy atom. The van der Waals surface area contributed by atoms with Crippen molar-refractivity contribution in [2.75, 3.05) is 13.7 Å². The van der Waals surface area contributed by atoms with Crippen molar-refractivity contribution in [3.05, 3.63) is 35.9 Å². The van der Waals surface area contributed by atoms with E-state index in [2.05, 4.69) is 10.1 Å². The molecule has 0 saturated carbocycles. The van der Waals surface area contributed by atoms with Gasteiger partial charge >= 0.3 is 5.97 Å². The van der Waals surface area contributed by atoms with Crippen molar-refractivity contribution in [3.63, 3.8) is 0 Å². The number of Topliss-reactive ketones (excluding diaryl/α,β-unsaturated/α-hetero) is 1.